The van der Waals surface area contributed by atoms with Gasteiger partial charge in [0, 0.05) is 16.0 Å². The molecule has 1 amide bonds. The lowest BCUT2D eigenvalue weighted by Crippen LogP contribution is -2.22. The summed E-state index contributed by atoms with van der Waals surface area (Å²) in [6, 6.07) is 16.8. The van der Waals surface area contributed by atoms with Crippen molar-refractivity contribution in [3.05, 3.63) is 75.8 Å². The molecule has 0 aliphatic carbocycles. The minimum atomic E-state index is -0.0855. The predicted octanol–water partition coefficient (Wildman–Crippen LogP) is 4.70. The summed E-state index contributed by atoms with van der Waals surface area (Å²) in [7, 11) is 0. The first-order valence-corrected chi connectivity index (χ1v) is 8.39. The molecule has 1 aromatic heterocycles. The second-order valence-electron chi connectivity index (χ2n) is 5.06. The van der Waals surface area contributed by atoms with E-state index in [9.17, 15) is 4.79 Å². The van der Waals surface area contributed by atoms with E-state index in [0.29, 0.717) is 17.1 Å². The zero-order valence-corrected chi connectivity index (χ0v) is 14.1. The highest BCUT2D eigenvalue weighted by molar-refractivity contribution is 7.15. The van der Waals surface area contributed by atoms with E-state index in [-0.39, 0.29) is 5.91 Å². The highest BCUT2D eigenvalue weighted by atomic mass is 35.5. The molecule has 0 fully saturated rings. The molecule has 0 spiro atoms. The second-order valence-corrected chi connectivity index (χ2v) is 6.55. The Morgan fingerprint density at radius 3 is 2.57 bits per heavy atom. The van der Waals surface area contributed by atoms with E-state index in [4.69, 9.17) is 11.6 Å². The van der Waals surface area contributed by atoms with Gasteiger partial charge in [-0.05, 0) is 25.1 Å². The number of thiazole rings is 1. The molecule has 0 saturated heterocycles. The number of aromatic nitrogens is 1. The van der Waals surface area contributed by atoms with Gasteiger partial charge in [-0.2, -0.15) is 0 Å². The fourth-order valence-electron chi connectivity index (χ4n) is 2.19. The van der Waals surface area contributed by atoms with Crippen LogP contribution in [0, 0.1) is 6.92 Å². The molecule has 0 atom stereocenters. The van der Waals surface area contributed by atoms with Crippen LogP contribution in [0.2, 0.25) is 5.02 Å². The largest absolute Gasteiger partial charge is 0.347 e. The lowest BCUT2D eigenvalue weighted by molar-refractivity contribution is 0.0951. The Kier molecular flexibility index (Phi) is 4.74. The predicted molar refractivity (Wildman–Crippen MR) is 94.9 cm³/mol. The van der Waals surface area contributed by atoms with E-state index < -0.39 is 0 Å². The molecule has 0 aliphatic rings. The van der Waals surface area contributed by atoms with Crippen LogP contribution in [0.15, 0.2) is 54.6 Å². The molecule has 0 aliphatic heterocycles. The molecular formula is C18H15ClN2OS. The second kappa shape index (κ2) is 6.94. The molecule has 0 bridgehead atoms. The smallest absolute Gasteiger partial charge is 0.251 e. The van der Waals surface area contributed by atoms with E-state index in [0.717, 1.165) is 21.1 Å². The van der Waals surface area contributed by atoms with Crippen molar-refractivity contribution in [3.8, 4) is 10.6 Å². The van der Waals surface area contributed by atoms with Crippen LogP contribution < -0.4 is 5.32 Å². The third-order valence-electron chi connectivity index (χ3n) is 3.44. The molecule has 5 heteroatoms. The zero-order valence-electron chi connectivity index (χ0n) is 12.5. The summed E-state index contributed by atoms with van der Waals surface area (Å²) in [5, 5.41) is 4.49. The Balaban J connectivity index is 1.75. The number of rotatable bonds is 4. The molecule has 3 rings (SSSR count). The maximum absolute atomic E-state index is 12.1. The zero-order chi connectivity index (χ0) is 16.2. The molecule has 0 radical (unpaired) electrons. The van der Waals surface area contributed by atoms with Crippen LogP contribution in [0.1, 0.15) is 20.9 Å². The van der Waals surface area contributed by atoms with Crippen LogP contribution in [-0.4, -0.2) is 10.9 Å². The van der Waals surface area contributed by atoms with Gasteiger partial charge in [0.2, 0.25) is 0 Å². The Bertz CT molecular complexity index is 830. The SMILES string of the molecule is Cc1nc(-c2ccccc2Cl)sc1CNC(=O)c1ccccc1. The summed E-state index contributed by atoms with van der Waals surface area (Å²) >= 11 is 7.78. The number of halogens is 1. The van der Waals surface area contributed by atoms with Crippen LogP contribution in [0.25, 0.3) is 10.6 Å². The maximum Gasteiger partial charge on any atom is 0.251 e. The van der Waals surface area contributed by atoms with Crippen LogP contribution in [0.5, 0.6) is 0 Å². The average molecular weight is 343 g/mol. The number of carbonyl (C=O) groups is 1. The molecule has 23 heavy (non-hydrogen) atoms. The fraction of sp³-hybridized carbons (Fsp3) is 0.111. The molecule has 2 aromatic carbocycles. The van der Waals surface area contributed by atoms with Gasteiger partial charge in [-0.15, -0.1) is 11.3 Å². The van der Waals surface area contributed by atoms with Crippen molar-refractivity contribution in [3.63, 3.8) is 0 Å². The van der Waals surface area contributed by atoms with Crippen LogP contribution in [-0.2, 0) is 6.54 Å². The van der Waals surface area contributed by atoms with E-state index >= 15 is 0 Å². The van der Waals surface area contributed by atoms with E-state index in [1.165, 1.54) is 0 Å². The van der Waals surface area contributed by atoms with Crippen molar-refractivity contribution in [2.75, 3.05) is 0 Å². The summed E-state index contributed by atoms with van der Waals surface area (Å²) in [6.45, 7) is 2.41. The quantitative estimate of drug-likeness (QED) is 0.746. The van der Waals surface area contributed by atoms with Gasteiger partial charge in [-0.3, -0.25) is 4.79 Å². The third-order valence-corrected chi connectivity index (χ3v) is 4.96. The number of amides is 1. The van der Waals surface area contributed by atoms with Gasteiger partial charge in [0.25, 0.3) is 5.91 Å². The summed E-state index contributed by atoms with van der Waals surface area (Å²) in [5.74, 6) is -0.0855. The van der Waals surface area contributed by atoms with Crippen molar-refractivity contribution in [2.45, 2.75) is 13.5 Å². The van der Waals surface area contributed by atoms with E-state index in [2.05, 4.69) is 10.3 Å². The van der Waals surface area contributed by atoms with Crippen molar-refractivity contribution in [1.29, 1.82) is 0 Å². The van der Waals surface area contributed by atoms with E-state index in [1.807, 2.05) is 49.4 Å². The van der Waals surface area contributed by atoms with Gasteiger partial charge in [0.05, 0.1) is 17.3 Å². The molecule has 3 aromatic rings. The highest BCUT2D eigenvalue weighted by Gasteiger charge is 2.13. The van der Waals surface area contributed by atoms with Gasteiger partial charge >= 0.3 is 0 Å². The first-order chi connectivity index (χ1) is 11.1. The normalized spacial score (nSPS) is 10.5. The number of nitrogens with zero attached hydrogens (tertiary/aromatic N) is 1. The van der Waals surface area contributed by atoms with Gasteiger partial charge < -0.3 is 5.32 Å². The van der Waals surface area contributed by atoms with E-state index in [1.54, 1.807) is 23.5 Å². The fourth-order valence-corrected chi connectivity index (χ4v) is 3.52. The molecule has 116 valence electrons. The number of carbonyl (C=O) groups excluding carboxylic acids is 1. The molecule has 1 N–H and O–H groups in total. The number of aryl methyl sites for hydroxylation is 1. The summed E-state index contributed by atoms with van der Waals surface area (Å²) < 4.78 is 0. The van der Waals surface area contributed by atoms with Crippen LogP contribution in [0.3, 0.4) is 0 Å². The monoisotopic (exact) mass is 342 g/mol. The van der Waals surface area contributed by atoms with Gasteiger partial charge in [-0.1, -0.05) is 48.0 Å². The highest BCUT2D eigenvalue weighted by Crippen LogP contribution is 2.32. The van der Waals surface area contributed by atoms with Crippen molar-refractivity contribution >= 4 is 28.8 Å². The van der Waals surface area contributed by atoms with Crippen molar-refractivity contribution < 1.29 is 4.79 Å². The van der Waals surface area contributed by atoms with Gasteiger partial charge in [0.15, 0.2) is 0 Å². The number of benzene rings is 2. The Morgan fingerprint density at radius 1 is 1.13 bits per heavy atom. The maximum atomic E-state index is 12.1. The molecule has 0 unspecified atom stereocenters. The number of nitrogens with one attached hydrogen (secondary N) is 1. The summed E-state index contributed by atoms with van der Waals surface area (Å²) in [6.07, 6.45) is 0. The minimum Gasteiger partial charge on any atom is -0.347 e. The van der Waals surface area contributed by atoms with Crippen LogP contribution >= 0.6 is 22.9 Å². The number of hydrogen-bond donors (Lipinski definition) is 1. The van der Waals surface area contributed by atoms with Gasteiger partial charge in [0.1, 0.15) is 5.01 Å². The number of hydrogen-bond acceptors (Lipinski definition) is 3. The first kappa shape index (κ1) is 15.7. The van der Waals surface area contributed by atoms with Crippen molar-refractivity contribution in [2.24, 2.45) is 0 Å². The lowest BCUT2D eigenvalue weighted by Gasteiger charge is -2.03. The third kappa shape index (κ3) is 3.60. The van der Waals surface area contributed by atoms with Gasteiger partial charge in [-0.25, -0.2) is 4.98 Å². The topological polar surface area (TPSA) is 42.0 Å². The standard InChI is InChI=1S/C18H15ClN2OS/c1-12-16(11-20-17(22)13-7-3-2-4-8-13)23-18(21-12)14-9-5-6-10-15(14)19/h2-10H,11H2,1H3,(H,20,22). The Morgan fingerprint density at radius 2 is 1.83 bits per heavy atom. The molecule has 0 saturated carbocycles. The summed E-state index contributed by atoms with van der Waals surface area (Å²) in [4.78, 5) is 17.7. The average Bonchev–Trinajstić information content (AvgIpc) is 2.94. The Hall–Kier alpha value is -2.17. The van der Waals surface area contributed by atoms with Crippen LogP contribution in [0.4, 0.5) is 0 Å². The molecular weight excluding hydrogens is 328 g/mol. The molecule has 3 nitrogen and oxygen atoms in total. The Labute approximate surface area is 144 Å². The van der Waals surface area contributed by atoms with Crippen molar-refractivity contribution in [1.82, 2.24) is 10.3 Å². The lowest BCUT2D eigenvalue weighted by atomic mass is 10.2. The minimum absolute atomic E-state index is 0.0855. The molecule has 1 heterocycles. The summed E-state index contributed by atoms with van der Waals surface area (Å²) in [5.41, 5.74) is 2.49. The first-order valence-electron chi connectivity index (χ1n) is 7.19.